The van der Waals surface area contributed by atoms with Crippen molar-refractivity contribution in [3.8, 4) is 0 Å². The van der Waals surface area contributed by atoms with Gasteiger partial charge in [0.1, 0.15) is 5.60 Å². The van der Waals surface area contributed by atoms with Crippen LogP contribution >= 0.6 is 0 Å². The van der Waals surface area contributed by atoms with Crippen LogP contribution in [-0.4, -0.2) is 36.2 Å². The zero-order chi connectivity index (χ0) is 24.8. The Morgan fingerprint density at radius 3 is 2.42 bits per heavy atom. The van der Waals surface area contributed by atoms with E-state index in [1.54, 1.807) is 11.0 Å². The van der Waals surface area contributed by atoms with E-state index in [4.69, 9.17) is 9.16 Å². The molecule has 1 aliphatic heterocycles. The molecule has 2 aromatic rings. The van der Waals surface area contributed by atoms with Gasteiger partial charge < -0.3 is 18.8 Å². The largest absolute Gasteiger partial charge is 0.443 e. The average molecular weight is 473 g/mol. The second kappa shape index (κ2) is 8.93. The highest BCUT2D eigenvalue weighted by Crippen LogP contribution is 2.38. The molecule has 0 saturated carbocycles. The lowest BCUT2D eigenvalue weighted by Crippen LogP contribution is -2.40. The third kappa shape index (κ3) is 5.53. The van der Waals surface area contributed by atoms with Crippen LogP contribution in [0.15, 0.2) is 30.4 Å². The van der Waals surface area contributed by atoms with E-state index in [1.165, 1.54) is 0 Å². The van der Waals surface area contributed by atoms with E-state index in [9.17, 15) is 9.90 Å². The first-order chi connectivity index (χ1) is 15.1. The van der Waals surface area contributed by atoms with E-state index in [0.717, 1.165) is 16.6 Å². The van der Waals surface area contributed by atoms with E-state index in [-0.39, 0.29) is 5.04 Å². The van der Waals surface area contributed by atoms with E-state index in [0.29, 0.717) is 30.8 Å². The Kier molecular flexibility index (Phi) is 6.91. The van der Waals surface area contributed by atoms with Gasteiger partial charge in [-0.1, -0.05) is 32.9 Å². The molecule has 0 radical (unpaired) electrons. The molecular weight excluding hydrogens is 432 g/mol. The highest BCUT2D eigenvalue weighted by molar-refractivity contribution is 6.74. The van der Waals surface area contributed by atoms with Gasteiger partial charge in [0.25, 0.3) is 0 Å². The number of carbonyl (C=O) groups is 1. The third-order valence-corrected chi connectivity index (χ3v) is 11.2. The van der Waals surface area contributed by atoms with Crippen LogP contribution in [0.25, 0.3) is 10.9 Å². The van der Waals surface area contributed by atoms with Gasteiger partial charge in [0.05, 0.1) is 23.9 Å². The van der Waals surface area contributed by atoms with Crippen molar-refractivity contribution in [2.24, 2.45) is 7.05 Å². The van der Waals surface area contributed by atoms with Crippen LogP contribution in [0, 0.1) is 0 Å². The Morgan fingerprint density at radius 2 is 1.82 bits per heavy atom. The topological polar surface area (TPSA) is 63.9 Å². The molecule has 1 unspecified atom stereocenters. The van der Waals surface area contributed by atoms with Crippen molar-refractivity contribution in [3.05, 3.63) is 41.6 Å². The summed E-state index contributed by atoms with van der Waals surface area (Å²) in [5, 5.41) is 12.0. The van der Waals surface area contributed by atoms with Gasteiger partial charge >= 0.3 is 6.09 Å². The summed E-state index contributed by atoms with van der Waals surface area (Å²) in [6.45, 7) is 17.8. The summed E-state index contributed by atoms with van der Waals surface area (Å²) in [7, 11) is 0.134. The number of rotatable bonds is 3. The fourth-order valence-electron chi connectivity index (χ4n) is 3.69. The van der Waals surface area contributed by atoms with Gasteiger partial charge in [-0.05, 0) is 63.5 Å². The Morgan fingerprint density at radius 1 is 1.15 bits per heavy atom. The third-order valence-electron chi connectivity index (χ3n) is 6.74. The molecule has 1 aliphatic rings. The Bertz CT molecular complexity index is 1060. The molecule has 1 N–H and O–H groups in total. The number of aliphatic hydroxyl groups is 1. The van der Waals surface area contributed by atoms with Crippen LogP contribution in [0.5, 0.6) is 0 Å². The Labute approximate surface area is 199 Å². The average Bonchev–Trinajstić information content (AvgIpc) is 2.97. The van der Waals surface area contributed by atoms with Crippen molar-refractivity contribution in [3.63, 3.8) is 0 Å². The summed E-state index contributed by atoms with van der Waals surface area (Å²) >= 11 is 0. The first kappa shape index (κ1) is 25.5. The number of fused-ring (bicyclic) bond motifs is 2. The molecule has 1 aromatic heterocycles. The lowest BCUT2D eigenvalue weighted by atomic mass is 10.0. The number of aryl methyl sites for hydroxylation is 1. The Hall–Kier alpha value is -2.09. The second-order valence-electron chi connectivity index (χ2n) is 11.5. The fraction of sp³-hybridized carbons (Fsp3) is 0.577. The van der Waals surface area contributed by atoms with Gasteiger partial charge in [-0.15, -0.1) is 0 Å². The first-order valence-electron chi connectivity index (χ1n) is 11.7. The zero-order valence-corrected chi connectivity index (χ0v) is 22.7. The molecule has 0 aliphatic carbocycles. The van der Waals surface area contributed by atoms with Crippen molar-refractivity contribution in [1.29, 1.82) is 0 Å². The molecule has 1 amide bonds. The standard InChI is InChI=1S/C26H40N2O4Si/c1-25(2,3)32-24(30)28-13-11-10-12-23(29)20-15-18-14-19(27(7)21(18)16-22(20)28)17-31-33(8,9)26(4,5)6/h10,12,14-16,23,29H,11,13,17H2,1-9H3/b12-10-. The molecule has 0 fully saturated rings. The van der Waals surface area contributed by atoms with E-state index in [1.807, 2.05) is 46.0 Å². The molecule has 0 bridgehead atoms. The number of aliphatic hydroxyl groups excluding tert-OH is 1. The highest BCUT2D eigenvalue weighted by atomic mass is 28.4. The lowest BCUT2D eigenvalue weighted by molar-refractivity contribution is 0.0580. The minimum atomic E-state index is -1.89. The van der Waals surface area contributed by atoms with Crippen molar-refractivity contribution >= 4 is 31.0 Å². The van der Waals surface area contributed by atoms with Crippen LogP contribution in [0.4, 0.5) is 10.5 Å². The molecule has 0 spiro atoms. The smallest absolute Gasteiger partial charge is 0.414 e. The number of nitrogens with zero attached hydrogens (tertiary/aromatic N) is 2. The fourth-order valence-corrected chi connectivity index (χ4v) is 4.63. The van der Waals surface area contributed by atoms with Crippen LogP contribution in [0.2, 0.25) is 18.1 Å². The van der Waals surface area contributed by atoms with Gasteiger partial charge in [0.15, 0.2) is 8.32 Å². The molecule has 1 aromatic carbocycles. The highest BCUT2D eigenvalue weighted by Gasteiger charge is 2.37. The summed E-state index contributed by atoms with van der Waals surface area (Å²) in [4.78, 5) is 14.7. The van der Waals surface area contributed by atoms with Gasteiger partial charge in [-0.2, -0.15) is 0 Å². The van der Waals surface area contributed by atoms with Crippen molar-refractivity contribution in [2.45, 2.75) is 84.4 Å². The monoisotopic (exact) mass is 472 g/mol. The number of hydrogen-bond acceptors (Lipinski definition) is 4. The molecule has 3 rings (SSSR count). The molecule has 1 atom stereocenters. The number of hydrogen-bond donors (Lipinski definition) is 1. The van der Waals surface area contributed by atoms with Crippen molar-refractivity contribution < 1.29 is 19.1 Å². The maximum Gasteiger partial charge on any atom is 0.414 e. The number of aromatic nitrogens is 1. The number of anilines is 1. The molecule has 6 nitrogen and oxygen atoms in total. The van der Waals surface area contributed by atoms with E-state index in [2.05, 4.69) is 44.5 Å². The van der Waals surface area contributed by atoms with Crippen LogP contribution < -0.4 is 4.90 Å². The van der Waals surface area contributed by atoms with E-state index >= 15 is 0 Å². The molecule has 7 heteroatoms. The number of ether oxygens (including phenoxy) is 1. The number of benzene rings is 1. The summed E-state index contributed by atoms with van der Waals surface area (Å²) in [6, 6.07) is 6.10. The first-order valence-corrected chi connectivity index (χ1v) is 14.6. The molecule has 0 saturated heterocycles. The predicted molar refractivity (Wildman–Crippen MR) is 137 cm³/mol. The van der Waals surface area contributed by atoms with Gasteiger partial charge in [0.2, 0.25) is 0 Å². The number of carbonyl (C=O) groups excluding carboxylic acids is 1. The normalized spacial score (nSPS) is 18.6. The second-order valence-corrected chi connectivity index (χ2v) is 16.3. The van der Waals surface area contributed by atoms with Gasteiger partial charge in [-0.3, -0.25) is 4.90 Å². The lowest BCUT2D eigenvalue weighted by Gasteiger charge is -2.36. The molecule has 33 heavy (non-hydrogen) atoms. The summed E-state index contributed by atoms with van der Waals surface area (Å²) < 4.78 is 14.3. The van der Waals surface area contributed by atoms with Gasteiger partial charge in [-0.25, -0.2) is 4.79 Å². The summed E-state index contributed by atoms with van der Waals surface area (Å²) in [5.74, 6) is 0. The zero-order valence-electron chi connectivity index (χ0n) is 21.7. The van der Waals surface area contributed by atoms with Crippen molar-refractivity contribution in [2.75, 3.05) is 11.4 Å². The maximum atomic E-state index is 13.1. The Balaban J connectivity index is 2.04. The summed E-state index contributed by atoms with van der Waals surface area (Å²) in [6.07, 6.45) is 3.16. The minimum Gasteiger partial charge on any atom is -0.443 e. The SMILES string of the molecule is Cn1c(CO[Si](C)(C)C(C)(C)C)cc2cc3c(cc21)N(C(=O)OC(C)(C)C)CC/C=C\C3O. The van der Waals surface area contributed by atoms with Crippen LogP contribution in [-0.2, 0) is 22.8 Å². The van der Waals surface area contributed by atoms with Gasteiger partial charge in [0, 0.05) is 30.2 Å². The van der Waals surface area contributed by atoms with Crippen LogP contribution in [0.1, 0.15) is 65.3 Å². The predicted octanol–water partition coefficient (Wildman–Crippen LogP) is 6.43. The summed E-state index contributed by atoms with van der Waals surface area (Å²) in [5.41, 5.74) is 2.85. The van der Waals surface area contributed by atoms with E-state index < -0.39 is 26.1 Å². The quantitative estimate of drug-likeness (QED) is 0.413. The maximum absolute atomic E-state index is 13.1. The molecule has 2 heterocycles. The minimum absolute atomic E-state index is 0.136. The van der Waals surface area contributed by atoms with Crippen molar-refractivity contribution in [1.82, 2.24) is 4.57 Å². The number of amides is 1. The molecular formula is C26H40N2O4Si. The van der Waals surface area contributed by atoms with Crippen LogP contribution in [0.3, 0.4) is 0 Å². The molecule has 182 valence electrons.